The van der Waals surface area contributed by atoms with Crippen LogP contribution in [0.1, 0.15) is 18.9 Å². The molecule has 0 spiro atoms. The van der Waals surface area contributed by atoms with Gasteiger partial charge in [-0.05, 0) is 28.8 Å². The van der Waals surface area contributed by atoms with Crippen molar-refractivity contribution in [3.05, 3.63) is 10.8 Å². The van der Waals surface area contributed by atoms with Gasteiger partial charge in [-0.1, -0.05) is 0 Å². The molecule has 0 aliphatic heterocycles. The summed E-state index contributed by atoms with van der Waals surface area (Å²) in [5.74, 6) is 0.620. The van der Waals surface area contributed by atoms with Crippen LogP contribution in [0.15, 0.2) is 10.8 Å². The SMILES string of the molecule is Nc1ncc(Br)n1C1CC1. The molecule has 2 rings (SSSR count). The van der Waals surface area contributed by atoms with Crippen LogP contribution in [-0.4, -0.2) is 9.55 Å². The van der Waals surface area contributed by atoms with Crippen LogP contribution >= 0.6 is 15.9 Å². The molecule has 54 valence electrons. The molecule has 10 heavy (non-hydrogen) atoms. The highest BCUT2D eigenvalue weighted by molar-refractivity contribution is 9.10. The number of rotatable bonds is 1. The summed E-state index contributed by atoms with van der Waals surface area (Å²) in [6.45, 7) is 0. The van der Waals surface area contributed by atoms with Crippen molar-refractivity contribution >= 4 is 21.9 Å². The van der Waals surface area contributed by atoms with Crippen molar-refractivity contribution < 1.29 is 0 Å². The number of nitrogens with two attached hydrogens (primary N) is 1. The van der Waals surface area contributed by atoms with Crippen molar-refractivity contribution in [3.63, 3.8) is 0 Å². The molecular weight excluding hydrogens is 194 g/mol. The lowest BCUT2D eigenvalue weighted by atomic mass is 10.6. The average molecular weight is 202 g/mol. The lowest BCUT2D eigenvalue weighted by molar-refractivity contribution is 0.737. The van der Waals surface area contributed by atoms with Crippen LogP contribution in [-0.2, 0) is 0 Å². The van der Waals surface area contributed by atoms with Crippen LogP contribution < -0.4 is 5.73 Å². The summed E-state index contributed by atoms with van der Waals surface area (Å²) >= 11 is 3.38. The molecule has 0 amide bonds. The second-order valence-electron chi connectivity index (χ2n) is 2.54. The Balaban J connectivity index is 2.44. The van der Waals surface area contributed by atoms with Crippen LogP contribution in [0.25, 0.3) is 0 Å². The average Bonchev–Trinajstić information content (AvgIpc) is 2.64. The number of hydrogen-bond acceptors (Lipinski definition) is 2. The Morgan fingerprint density at radius 2 is 2.40 bits per heavy atom. The number of anilines is 1. The van der Waals surface area contributed by atoms with Gasteiger partial charge in [0.15, 0.2) is 0 Å². The van der Waals surface area contributed by atoms with E-state index >= 15 is 0 Å². The fourth-order valence-electron chi connectivity index (χ4n) is 1.05. The molecule has 1 aromatic heterocycles. The predicted octanol–water partition coefficient (Wildman–Crippen LogP) is 1.56. The number of hydrogen-bond donors (Lipinski definition) is 1. The molecule has 1 aliphatic carbocycles. The van der Waals surface area contributed by atoms with E-state index in [0.717, 1.165) is 4.60 Å². The van der Waals surface area contributed by atoms with Crippen LogP contribution in [0, 0.1) is 0 Å². The lowest BCUT2D eigenvalue weighted by Crippen LogP contribution is -2.00. The van der Waals surface area contributed by atoms with Crippen LogP contribution in [0.5, 0.6) is 0 Å². The zero-order valence-electron chi connectivity index (χ0n) is 5.42. The molecule has 1 heterocycles. The molecule has 4 heteroatoms. The largest absolute Gasteiger partial charge is 0.369 e. The van der Waals surface area contributed by atoms with E-state index in [1.807, 2.05) is 4.57 Å². The van der Waals surface area contributed by atoms with Gasteiger partial charge in [-0.15, -0.1) is 0 Å². The second-order valence-corrected chi connectivity index (χ2v) is 3.35. The Morgan fingerprint density at radius 3 is 2.80 bits per heavy atom. The van der Waals surface area contributed by atoms with Gasteiger partial charge in [-0.3, -0.25) is 0 Å². The van der Waals surface area contributed by atoms with Crippen LogP contribution in [0.4, 0.5) is 5.95 Å². The van der Waals surface area contributed by atoms with Gasteiger partial charge >= 0.3 is 0 Å². The summed E-state index contributed by atoms with van der Waals surface area (Å²) in [7, 11) is 0. The Kier molecular flexibility index (Phi) is 1.23. The summed E-state index contributed by atoms with van der Waals surface area (Å²) in [6, 6.07) is 0.608. The quantitative estimate of drug-likeness (QED) is 0.750. The molecule has 1 fully saturated rings. The standard InChI is InChI=1S/C6H8BrN3/c7-5-3-9-6(8)10(5)4-1-2-4/h3-4H,1-2H2,(H2,8,9). The third-order valence-electron chi connectivity index (χ3n) is 1.69. The van der Waals surface area contributed by atoms with Gasteiger partial charge in [0.1, 0.15) is 4.60 Å². The molecule has 0 radical (unpaired) electrons. The lowest BCUT2D eigenvalue weighted by Gasteiger charge is -2.01. The molecule has 0 atom stereocenters. The molecule has 0 saturated heterocycles. The number of aromatic nitrogens is 2. The number of imidazole rings is 1. The Bertz CT molecular complexity index is 232. The molecule has 1 aliphatic rings. The topological polar surface area (TPSA) is 43.8 Å². The molecule has 1 saturated carbocycles. The molecular formula is C6H8BrN3. The number of halogens is 1. The first-order chi connectivity index (χ1) is 4.79. The van der Waals surface area contributed by atoms with E-state index in [2.05, 4.69) is 20.9 Å². The van der Waals surface area contributed by atoms with Gasteiger partial charge in [-0.25, -0.2) is 4.98 Å². The second kappa shape index (κ2) is 1.99. The third-order valence-corrected chi connectivity index (χ3v) is 2.28. The maximum Gasteiger partial charge on any atom is 0.201 e. The normalized spacial score (nSPS) is 17.7. The van der Waals surface area contributed by atoms with Gasteiger partial charge in [-0.2, -0.15) is 0 Å². The minimum atomic E-state index is 0.608. The summed E-state index contributed by atoms with van der Waals surface area (Å²) < 4.78 is 3.02. The fraction of sp³-hybridized carbons (Fsp3) is 0.500. The highest BCUT2D eigenvalue weighted by atomic mass is 79.9. The maximum atomic E-state index is 5.60. The molecule has 1 aromatic rings. The van der Waals surface area contributed by atoms with E-state index in [4.69, 9.17) is 5.73 Å². The number of nitrogen functional groups attached to an aromatic ring is 1. The van der Waals surface area contributed by atoms with E-state index in [1.165, 1.54) is 12.8 Å². The van der Waals surface area contributed by atoms with Gasteiger partial charge in [0, 0.05) is 6.04 Å². The van der Waals surface area contributed by atoms with Crippen molar-refractivity contribution in [2.45, 2.75) is 18.9 Å². The smallest absolute Gasteiger partial charge is 0.201 e. The first kappa shape index (κ1) is 6.22. The van der Waals surface area contributed by atoms with Gasteiger partial charge in [0.05, 0.1) is 6.20 Å². The van der Waals surface area contributed by atoms with E-state index in [-0.39, 0.29) is 0 Å². The first-order valence-electron chi connectivity index (χ1n) is 3.27. The third kappa shape index (κ3) is 0.831. The van der Waals surface area contributed by atoms with Gasteiger partial charge < -0.3 is 10.3 Å². The Morgan fingerprint density at radius 1 is 1.70 bits per heavy atom. The summed E-state index contributed by atoms with van der Waals surface area (Å²) in [5.41, 5.74) is 5.60. The van der Waals surface area contributed by atoms with E-state index in [0.29, 0.717) is 12.0 Å². The highest BCUT2D eigenvalue weighted by Crippen LogP contribution is 2.38. The summed E-state index contributed by atoms with van der Waals surface area (Å²) in [5, 5.41) is 0. The zero-order chi connectivity index (χ0) is 7.14. The monoisotopic (exact) mass is 201 g/mol. The summed E-state index contributed by atoms with van der Waals surface area (Å²) in [6.07, 6.45) is 4.21. The predicted molar refractivity (Wildman–Crippen MR) is 42.6 cm³/mol. The van der Waals surface area contributed by atoms with Gasteiger partial charge in [0.2, 0.25) is 5.95 Å². The van der Waals surface area contributed by atoms with Crippen LogP contribution in [0.2, 0.25) is 0 Å². The van der Waals surface area contributed by atoms with Gasteiger partial charge in [0.25, 0.3) is 0 Å². The van der Waals surface area contributed by atoms with Crippen molar-refractivity contribution in [1.82, 2.24) is 9.55 Å². The zero-order valence-corrected chi connectivity index (χ0v) is 7.00. The summed E-state index contributed by atoms with van der Waals surface area (Å²) in [4.78, 5) is 3.97. The minimum Gasteiger partial charge on any atom is -0.369 e. The van der Waals surface area contributed by atoms with E-state index in [1.54, 1.807) is 6.20 Å². The minimum absolute atomic E-state index is 0.608. The molecule has 3 nitrogen and oxygen atoms in total. The van der Waals surface area contributed by atoms with Crippen molar-refractivity contribution in [2.75, 3.05) is 5.73 Å². The fourth-order valence-corrected chi connectivity index (χ4v) is 1.62. The van der Waals surface area contributed by atoms with Crippen molar-refractivity contribution in [2.24, 2.45) is 0 Å². The molecule has 0 unspecified atom stereocenters. The van der Waals surface area contributed by atoms with Crippen molar-refractivity contribution in [3.8, 4) is 0 Å². The number of nitrogens with zero attached hydrogens (tertiary/aromatic N) is 2. The first-order valence-corrected chi connectivity index (χ1v) is 4.06. The molecule has 0 aromatic carbocycles. The van der Waals surface area contributed by atoms with E-state index < -0.39 is 0 Å². The van der Waals surface area contributed by atoms with E-state index in [9.17, 15) is 0 Å². The molecule has 0 bridgehead atoms. The van der Waals surface area contributed by atoms with Crippen LogP contribution in [0.3, 0.4) is 0 Å². The van der Waals surface area contributed by atoms with Crippen molar-refractivity contribution in [1.29, 1.82) is 0 Å². The Labute approximate surface area is 67.4 Å². The molecule has 2 N–H and O–H groups in total. The highest BCUT2D eigenvalue weighted by Gasteiger charge is 2.26. The Hall–Kier alpha value is -0.510. The maximum absolute atomic E-state index is 5.60.